The van der Waals surface area contributed by atoms with E-state index in [0.717, 1.165) is 16.7 Å². The molecule has 9 heteroatoms. The maximum atomic E-state index is 11.9. The minimum atomic E-state index is -1.05. The lowest BCUT2D eigenvalue weighted by atomic mass is 10.0. The fraction of sp³-hybridized carbons (Fsp3) is 0.0909. The number of aryl methyl sites for hydroxylation is 1. The summed E-state index contributed by atoms with van der Waals surface area (Å²) >= 11 is 0. The van der Waals surface area contributed by atoms with Crippen LogP contribution in [-0.2, 0) is 6.42 Å². The van der Waals surface area contributed by atoms with Crippen LogP contribution in [-0.4, -0.2) is 35.6 Å². The van der Waals surface area contributed by atoms with E-state index in [1.165, 1.54) is 10.7 Å². The van der Waals surface area contributed by atoms with Crippen LogP contribution in [0.5, 0.6) is 0 Å². The summed E-state index contributed by atoms with van der Waals surface area (Å²) in [7, 11) is 0. The lowest BCUT2D eigenvalue weighted by Crippen LogP contribution is -2.04. The number of para-hydroxylation sites is 2. The number of imidazole rings is 1. The first-order valence-electron chi connectivity index (χ1n) is 9.76. The average molecular weight is 413 g/mol. The zero-order valence-electron chi connectivity index (χ0n) is 16.6. The summed E-state index contributed by atoms with van der Waals surface area (Å²) in [5, 5.41) is 17.3. The molecule has 0 fully saturated rings. The Bertz CT molecular complexity index is 1400. The Kier molecular flexibility index (Phi) is 4.28. The Balaban J connectivity index is 1.54. The quantitative estimate of drug-likeness (QED) is 0.344. The average Bonchev–Trinajstić information content (AvgIpc) is 3.35. The first-order valence-corrected chi connectivity index (χ1v) is 9.76. The Morgan fingerprint density at radius 2 is 1.94 bits per heavy atom. The molecule has 0 aliphatic carbocycles. The Morgan fingerprint density at radius 3 is 2.65 bits per heavy atom. The molecule has 9 nitrogen and oxygen atoms in total. The standard InChI is InChI=1S/C22H19N7O2/c1-2-17-27-20(23)19-18(14(21(30)31)11-29(19)28-17)12-7-9-13(10-8-12)24-22-25-15-5-3-4-6-16(15)26-22/h3-11H,2H2,1H3,(H,30,31)(H2,23,27,28)(H2,24,25,26). The summed E-state index contributed by atoms with van der Waals surface area (Å²) < 4.78 is 1.50. The number of carbonyl (C=O) groups is 1. The van der Waals surface area contributed by atoms with Gasteiger partial charge in [-0.25, -0.2) is 19.3 Å². The van der Waals surface area contributed by atoms with Gasteiger partial charge in [0.1, 0.15) is 5.52 Å². The molecule has 2 aromatic carbocycles. The van der Waals surface area contributed by atoms with Crippen molar-refractivity contribution in [1.82, 2.24) is 24.6 Å². The summed E-state index contributed by atoms with van der Waals surface area (Å²) in [4.78, 5) is 23.9. The number of nitrogens with two attached hydrogens (primary N) is 1. The van der Waals surface area contributed by atoms with Gasteiger partial charge in [-0.2, -0.15) is 5.10 Å². The number of hydrogen-bond acceptors (Lipinski definition) is 6. The third kappa shape index (κ3) is 3.21. The Labute approximate surface area is 176 Å². The third-order valence-corrected chi connectivity index (χ3v) is 5.07. The number of hydrogen-bond donors (Lipinski definition) is 4. The molecule has 0 amide bonds. The minimum absolute atomic E-state index is 0.118. The van der Waals surface area contributed by atoms with E-state index in [9.17, 15) is 9.90 Å². The number of nitrogens with one attached hydrogen (secondary N) is 2. The molecule has 5 aromatic rings. The highest BCUT2D eigenvalue weighted by molar-refractivity contribution is 6.04. The van der Waals surface area contributed by atoms with Gasteiger partial charge in [0.05, 0.1) is 16.6 Å². The highest BCUT2D eigenvalue weighted by Crippen LogP contribution is 2.33. The molecule has 3 heterocycles. The maximum absolute atomic E-state index is 11.9. The van der Waals surface area contributed by atoms with Crippen molar-refractivity contribution in [2.24, 2.45) is 0 Å². The SMILES string of the molecule is CCc1nc(N)c2c(-c3ccc(Nc4nc5ccccc5[nH]4)cc3)c(C(=O)O)cn2n1. The molecule has 0 atom stereocenters. The van der Waals surface area contributed by atoms with Gasteiger partial charge in [-0.1, -0.05) is 31.2 Å². The van der Waals surface area contributed by atoms with E-state index in [0.29, 0.717) is 34.8 Å². The number of aromatic nitrogens is 5. The van der Waals surface area contributed by atoms with Crippen molar-refractivity contribution in [3.63, 3.8) is 0 Å². The molecule has 0 aliphatic heterocycles. The monoisotopic (exact) mass is 413 g/mol. The van der Waals surface area contributed by atoms with Crippen LogP contribution in [0.4, 0.5) is 17.5 Å². The van der Waals surface area contributed by atoms with Crippen LogP contribution in [0.1, 0.15) is 23.1 Å². The van der Waals surface area contributed by atoms with Crippen LogP contribution >= 0.6 is 0 Å². The van der Waals surface area contributed by atoms with E-state index in [2.05, 4.69) is 25.4 Å². The van der Waals surface area contributed by atoms with Crippen molar-refractivity contribution in [2.45, 2.75) is 13.3 Å². The van der Waals surface area contributed by atoms with E-state index in [1.54, 1.807) is 0 Å². The van der Waals surface area contributed by atoms with Crippen molar-refractivity contribution in [3.05, 3.63) is 66.1 Å². The smallest absolute Gasteiger partial charge is 0.337 e. The van der Waals surface area contributed by atoms with Gasteiger partial charge < -0.3 is 21.1 Å². The van der Waals surface area contributed by atoms with Crippen LogP contribution in [0.2, 0.25) is 0 Å². The van der Waals surface area contributed by atoms with E-state index >= 15 is 0 Å². The zero-order valence-corrected chi connectivity index (χ0v) is 16.6. The van der Waals surface area contributed by atoms with E-state index in [-0.39, 0.29) is 11.4 Å². The number of anilines is 3. The lowest BCUT2D eigenvalue weighted by Gasteiger charge is -2.08. The number of benzene rings is 2. The number of aromatic carboxylic acids is 1. The fourth-order valence-electron chi connectivity index (χ4n) is 3.63. The van der Waals surface area contributed by atoms with E-state index in [4.69, 9.17) is 5.73 Å². The summed E-state index contributed by atoms with van der Waals surface area (Å²) in [6, 6.07) is 15.1. The van der Waals surface area contributed by atoms with Gasteiger partial charge >= 0.3 is 5.97 Å². The molecule has 0 radical (unpaired) electrons. The summed E-state index contributed by atoms with van der Waals surface area (Å²) in [6.45, 7) is 1.91. The Morgan fingerprint density at radius 1 is 1.16 bits per heavy atom. The molecule has 3 aromatic heterocycles. The summed E-state index contributed by atoms with van der Waals surface area (Å²) in [5.41, 5.74) is 10.6. The third-order valence-electron chi connectivity index (χ3n) is 5.07. The topological polar surface area (TPSA) is 134 Å². The highest BCUT2D eigenvalue weighted by atomic mass is 16.4. The molecule has 0 aliphatic rings. The molecule has 0 saturated carbocycles. The molecule has 0 bridgehead atoms. The summed E-state index contributed by atoms with van der Waals surface area (Å²) in [5.74, 6) is 0.370. The van der Waals surface area contributed by atoms with Crippen molar-refractivity contribution < 1.29 is 9.90 Å². The van der Waals surface area contributed by atoms with E-state index in [1.807, 2.05) is 55.5 Å². The second-order valence-electron chi connectivity index (χ2n) is 7.09. The van der Waals surface area contributed by atoms with Crippen molar-refractivity contribution in [3.8, 4) is 11.1 Å². The van der Waals surface area contributed by atoms with Gasteiger partial charge in [0.25, 0.3) is 0 Å². The second kappa shape index (κ2) is 7.13. The number of nitrogens with zero attached hydrogens (tertiary/aromatic N) is 4. The molecule has 154 valence electrons. The summed E-state index contributed by atoms with van der Waals surface area (Å²) in [6.07, 6.45) is 2.07. The molecular weight excluding hydrogens is 394 g/mol. The van der Waals surface area contributed by atoms with Gasteiger partial charge in [-0.05, 0) is 29.8 Å². The first kappa shape index (κ1) is 18.6. The van der Waals surface area contributed by atoms with E-state index < -0.39 is 5.97 Å². The molecule has 0 spiro atoms. The number of rotatable bonds is 5. The second-order valence-corrected chi connectivity index (χ2v) is 7.09. The van der Waals surface area contributed by atoms with Gasteiger partial charge in [-0.3, -0.25) is 0 Å². The number of carboxylic acid groups (broad SMARTS) is 1. The number of carboxylic acids is 1. The van der Waals surface area contributed by atoms with Crippen LogP contribution < -0.4 is 11.1 Å². The number of fused-ring (bicyclic) bond motifs is 2. The zero-order chi connectivity index (χ0) is 21.5. The molecule has 31 heavy (non-hydrogen) atoms. The fourth-order valence-corrected chi connectivity index (χ4v) is 3.63. The van der Waals surface area contributed by atoms with Gasteiger partial charge in [0, 0.05) is 23.9 Å². The van der Waals surface area contributed by atoms with Gasteiger partial charge in [0.15, 0.2) is 11.6 Å². The first-order chi connectivity index (χ1) is 15.0. The van der Waals surface area contributed by atoms with Crippen LogP contribution in [0.3, 0.4) is 0 Å². The van der Waals surface area contributed by atoms with Crippen LogP contribution in [0.25, 0.3) is 27.7 Å². The van der Waals surface area contributed by atoms with Crippen LogP contribution in [0, 0.1) is 0 Å². The normalized spacial score (nSPS) is 11.3. The maximum Gasteiger partial charge on any atom is 0.337 e. The molecule has 0 saturated heterocycles. The van der Waals surface area contributed by atoms with Crippen molar-refractivity contribution in [2.75, 3.05) is 11.1 Å². The molecular formula is C22H19N7O2. The van der Waals surface area contributed by atoms with Crippen molar-refractivity contribution >= 4 is 40.0 Å². The predicted octanol–water partition coefficient (Wildman–Crippen LogP) is 3.86. The Hall–Kier alpha value is -4.40. The largest absolute Gasteiger partial charge is 0.478 e. The number of nitrogen functional groups attached to an aromatic ring is 1. The highest BCUT2D eigenvalue weighted by Gasteiger charge is 2.21. The molecule has 0 unspecified atom stereocenters. The van der Waals surface area contributed by atoms with Gasteiger partial charge in [-0.15, -0.1) is 0 Å². The molecule has 5 rings (SSSR count). The molecule has 5 N–H and O–H groups in total. The predicted molar refractivity (Wildman–Crippen MR) is 119 cm³/mol. The van der Waals surface area contributed by atoms with Crippen molar-refractivity contribution in [1.29, 1.82) is 0 Å². The number of H-pyrrole nitrogens is 1. The van der Waals surface area contributed by atoms with Crippen LogP contribution in [0.15, 0.2) is 54.7 Å². The number of aromatic amines is 1. The minimum Gasteiger partial charge on any atom is -0.478 e. The van der Waals surface area contributed by atoms with Gasteiger partial charge in [0.2, 0.25) is 5.95 Å². The lowest BCUT2D eigenvalue weighted by molar-refractivity contribution is 0.0697.